The van der Waals surface area contributed by atoms with Crippen LogP contribution in [0.4, 0.5) is 13.2 Å². The minimum absolute atomic E-state index is 0.0347. The number of amides is 1. The lowest BCUT2D eigenvalue weighted by Gasteiger charge is -2.03. The first-order valence-corrected chi connectivity index (χ1v) is 3.77. The second-order valence-corrected chi connectivity index (χ2v) is 2.54. The number of carboxylic acid groups (broad SMARTS) is 1. The quantitative estimate of drug-likeness (QED) is 0.686. The molecule has 1 amide bonds. The number of rotatable bonds is 1. The van der Waals surface area contributed by atoms with Gasteiger partial charge in [-0.1, -0.05) is 6.08 Å². The van der Waals surface area contributed by atoms with Crippen molar-refractivity contribution in [2.45, 2.75) is 13.1 Å². The molecule has 0 heterocycles. The lowest BCUT2D eigenvalue weighted by atomic mass is 10.5. The van der Waals surface area contributed by atoms with Gasteiger partial charge in [0.1, 0.15) is 0 Å². The fourth-order valence-electron chi connectivity index (χ4n) is 0.292. The SMILES string of the molecule is CC=CC(=O)N(C)C.O=C(O)C(F)(F)F. The normalized spacial score (nSPS) is 10.5. The Morgan fingerprint density at radius 3 is 1.67 bits per heavy atom. The minimum atomic E-state index is -5.08. The molecular formula is C8H12F3NO3. The summed E-state index contributed by atoms with van der Waals surface area (Å²) in [4.78, 5) is 21.0. The smallest absolute Gasteiger partial charge is 0.475 e. The first-order valence-electron chi connectivity index (χ1n) is 3.77. The molecule has 15 heavy (non-hydrogen) atoms. The van der Waals surface area contributed by atoms with Crippen LogP contribution in [0.1, 0.15) is 6.92 Å². The monoisotopic (exact) mass is 227 g/mol. The van der Waals surface area contributed by atoms with Crippen molar-refractivity contribution in [3.63, 3.8) is 0 Å². The number of alkyl halides is 3. The Kier molecular flexibility index (Phi) is 7.28. The minimum Gasteiger partial charge on any atom is -0.475 e. The summed E-state index contributed by atoms with van der Waals surface area (Å²) in [6.45, 7) is 1.82. The Morgan fingerprint density at radius 2 is 1.60 bits per heavy atom. The summed E-state index contributed by atoms with van der Waals surface area (Å²) in [5, 5.41) is 7.12. The van der Waals surface area contributed by atoms with Crippen molar-refractivity contribution in [2.75, 3.05) is 14.1 Å². The van der Waals surface area contributed by atoms with Crippen LogP contribution in [0.2, 0.25) is 0 Å². The molecule has 0 rings (SSSR count). The number of likely N-dealkylation sites (N-methyl/N-ethyl adjacent to an activating group) is 1. The van der Waals surface area contributed by atoms with Crippen LogP contribution in [0, 0.1) is 0 Å². The maximum Gasteiger partial charge on any atom is 0.490 e. The number of allylic oxidation sites excluding steroid dienone is 1. The summed E-state index contributed by atoms with van der Waals surface area (Å²) in [6, 6.07) is 0. The molecule has 0 bridgehead atoms. The van der Waals surface area contributed by atoms with Crippen molar-refractivity contribution in [3.05, 3.63) is 12.2 Å². The Balaban J connectivity index is 0. The number of carbonyl (C=O) groups is 2. The van der Waals surface area contributed by atoms with Crippen LogP contribution in [0.5, 0.6) is 0 Å². The molecule has 0 radical (unpaired) electrons. The van der Waals surface area contributed by atoms with Crippen LogP contribution in [0.15, 0.2) is 12.2 Å². The summed E-state index contributed by atoms with van der Waals surface area (Å²) >= 11 is 0. The van der Waals surface area contributed by atoms with E-state index in [2.05, 4.69) is 0 Å². The van der Waals surface area contributed by atoms with E-state index in [4.69, 9.17) is 9.90 Å². The third kappa shape index (κ3) is 10.4. The van der Waals surface area contributed by atoms with Crippen LogP contribution < -0.4 is 0 Å². The zero-order valence-electron chi connectivity index (χ0n) is 8.50. The molecule has 0 spiro atoms. The van der Waals surface area contributed by atoms with Crippen molar-refractivity contribution in [2.24, 2.45) is 0 Å². The molecule has 88 valence electrons. The van der Waals surface area contributed by atoms with E-state index in [0.29, 0.717) is 0 Å². The molecule has 7 heteroatoms. The number of aliphatic carboxylic acids is 1. The van der Waals surface area contributed by atoms with Crippen LogP contribution in [-0.4, -0.2) is 42.2 Å². The van der Waals surface area contributed by atoms with Gasteiger partial charge in [-0.3, -0.25) is 4.79 Å². The number of carbonyl (C=O) groups excluding carboxylic acids is 1. The van der Waals surface area contributed by atoms with Crippen molar-refractivity contribution >= 4 is 11.9 Å². The highest BCUT2D eigenvalue weighted by Crippen LogP contribution is 2.13. The number of carboxylic acids is 1. The molecule has 0 aromatic heterocycles. The molecule has 0 saturated heterocycles. The van der Waals surface area contributed by atoms with Crippen molar-refractivity contribution in [3.8, 4) is 0 Å². The van der Waals surface area contributed by atoms with Gasteiger partial charge in [-0.25, -0.2) is 4.79 Å². The van der Waals surface area contributed by atoms with Gasteiger partial charge in [-0.2, -0.15) is 13.2 Å². The number of nitrogens with zero attached hydrogens (tertiary/aromatic N) is 1. The molecule has 0 aliphatic carbocycles. The first kappa shape index (κ1) is 15.9. The molecule has 0 atom stereocenters. The maximum absolute atomic E-state index is 10.6. The van der Waals surface area contributed by atoms with Crippen molar-refractivity contribution in [1.29, 1.82) is 0 Å². The van der Waals surface area contributed by atoms with Crippen LogP contribution in [-0.2, 0) is 9.59 Å². The molecule has 0 aromatic carbocycles. The summed E-state index contributed by atoms with van der Waals surface area (Å²) in [5.74, 6) is -2.72. The number of hydrogen-bond donors (Lipinski definition) is 1. The van der Waals surface area contributed by atoms with E-state index in [0.717, 1.165) is 0 Å². The molecule has 0 aromatic rings. The summed E-state index contributed by atoms with van der Waals surface area (Å²) in [7, 11) is 3.45. The Labute approximate surface area is 85.0 Å². The van der Waals surface area contributed by atoms with Crippen molar-refractivity contribution < 1.29 is 27.9 Å². The molecule has 4 nitrogen and oxygen atoms in total. The van der Waals surface area contributed by atoms with Gasteiger partial charge in [0.05, 0.1) is 0 Å². The molecule has 0 aliphatic heterocycles. The molecule has 1 N–H and O–H groups in total. The standard InChI is InChI=1S/C6H11NO.C2HF3O2/c1-4-5-6(8)7(2)3;3-2(4,5)1(6)7/h4-5H,1-3H3;(H,6,7). The van der Waals surface area contributed by atoms with Crippen LogP contribution in [0.3, 0.4) is 0 Å². The average Bonchev–Trinajstić information content (AvgIpc) is 2.03. The van der Waals surface area contributed by atoms with E-state index in [1.54, 1.807) is 20.2 Å². The molecule has 0 unspecified atom stereocenters. The fraction of sp³-hybridized carbons (Fsp3) is 0.500. The summed E-state index contributed by atoms with van der Waals surface area (Å²) < 4.78 is 31.7. The summed E-state index contributed by atoms with van der Waals surface area (Å²) in [6.07, 6.45) is -1.83. The highest BCUT2D eigenvalue weighted by atomic mass is 19.4. The van der Waals surface area contributed by atoms with Gasteiger partial charge in [-0.05, 0) is 13.0 Å². The van der Waals surface area contributed by atoms with Gasteiger partial charge >= 0.3 is 12.1 Å². The van der Waals surface area contributed by atoms with E-state index in [1.165, 1.54) is 11.0 Å². The number of hydrogen-bond acceptors (Lipinski definition) is 2. The largest absolute Gasteiger partial charge is 0.490 e. The number of halogens is 3. The van der Waals surface area contributed by atoms with E-state index in [-0.39, 0.29) is 5.91 Å². The molecule has 0 fully saturated rings. The van der Waals surface area contributed by atoms with Gasteiger partial charge < -0.3 is 10.0 Å². The second kappa shape index (κ2) is 6.86. The van der Waals surface area contributed by atoms with E-state index < -0.39 is 12.1 Å². The zero-order valence-corrected chi connectivity index (χ0v) is 8.50. The summed E-state index contributed by atoms with van der Waals surface area (Å²) in [5.41, 5.74) is 0. The Morgan fingerprint density at radius 1 is 1.27 bits per heavy atom. The molecule has 0 saturated carbocycles. The van der Waals surface area contributed by atoms with Gasteiger partial charge in [0.25, 0.3) is 0 Å². The fourth-order valence-corrected chi connectivity index (χ4v) is 0.292. The van der Waals surface area contributed by atoms with E-state index in [9.17, 15) is 18.0 Å². The first-order chi connectivity index (χ1) is 6.62. The van der Waals surface area contributed by atoms with E-state index >= 15 is 0 Å². The van der Waals surface area contributed by atoms with Crippen molar-refractivity contribution in [1.82, 2.24) is 4.90 Å². The van der Waals surface area contributed by atoms with Gasteiger partial charge in [0.15, 0.2) is 0 Å². The highest BCUT2D eigenvalue weighted by Gasteiger charge is 2.38. The topological polar surface area (TPSA) is 57.6 Å². The Bertz CT molecular complexity index is 246. The second-order valence-electron chi connectivity index (χ2n) is 2.54. The van der Waals surface area contributed by atoms with Gasteiger partial charge in [-0.15, -0.1) is 0 Å². The predicted octanol–water partition coefficient (Wildman–Crippen LogP) is 1.28. The average molecular weight is 227 g/mol. The highest BCUT2D eigenvalue weighted by molar-refractivity contribution is 5.86. The van der Waals surface area contributed by atoms with Gasteiger partial charge in [0.2, 0.25) is 5.91 Å². The maximum atomic E-state index is 10.6. The third-order valence-corrected chi connectivity index (χ3v) is 0.993. The van der Waals surface area contributed by atoms with Gasteiger partial charge in [0, 0.05) is 14.1 Å². The molecule has 0 aliphatic rings. The third-order valence-electron chi connectivity index (χ3n) is 0.993. The zero-order chi connectivity index (χ0) is 12.6. The lowest BCUT2D eigenvalue weighted by Crippen LogP contribution is -2.21. The molecular weight excluding hydrogens is 215 g/mol. The van der Waals surface area contributed by atoms with E-state index in [1.807, 2.05) is 6.92 Å². The Hall–Kier alpha value is -1.53. The predicted molar refractivity (Wildman–Crippen MR) is 47.2 cm³/mol. The van der Waals surface area contributed by atoms with Crippen LogP contribution in [0.25, 0.3) is 0 Å². The lowest BCUT2D eigenvalue weighted by molar-refractivity contribution is -0.192. The van der Waals surface area contributed by atoms with Crippen LogP contribution >= 0.6 is 0 Å².